The van der Waals surface area contributed by atoms with Crippen molar-refractivity contribution in [3.63, 3.8) is 0 Å². The highest BCUT2D eigenvalue weighted by Gasteiger charge is 2.32. The molecule has 0 N–H and O–H groups in total. The highest BCUT2D eigenvalue weighted by molar-refractivity contribution is 7.87. The summed E-state index contributed by atoms with van der Waals surface area (Å²) >= 11 is 13.1. The van der Waals surface area contributed by atoms with Crippen molar-refractivity contribution in [2.24, 2.45) is 4.74 Å². The summed E-state index contributed by atoms with van der Waals surface area (Å²) in [5.41, 5.74) is 3.49. The first-order valence-corrected chi connectivity index (χ1v) is 17.9. The third-order valence-corrected chi connectivity index (χ3v) is 12.2. The van der Waals surface area contributed by atoms with Gasteiger partial charge in [0, 0.05) is 48.8 Å². The largest absolute Gasteiger partial charge is 0.462 e. The minimum atomic E-state index is -2.81. The molecule has 5 aromatic carbocycles. The number of hydrogen-bond acceptors (Lipinski definition) is 5. The molecule has 0 aliphatic rings. The van der Waals surface area contributed by atoms with Crippen LogP contribution in [-0.2, 0) is 4.74 Å². The Morgan fingerprint density at radius 3 is 1.81 bits per heavy atom. The zero-order chi connectivity index (χ0) is 33.1. The molecule has 0 saturated heterocycles. The molecule has 0 unspecified atom stereocenters. The van der Waals surface area contributed by atoms with Crippen LogP contribution in [0.3, 0.4) is 0 Å². The van der Waals surface area contributed by atoms with Gasteiger partial charge in [-0.1, -0.05) is 145 Å². The van der Waals surface area contributed by atoms with E-state index in [1.165, 1.54) is 0 Å². The van der Waals surface area contributed by atoms with Gasteiger partial charge in [0.25, 0.3) is 0 Å². The van der Waals surface area contributed by atoms with Crippen molar-refractivity contribution >= 4 is 63.6 Å². The second-order valence-corrected chi connectivity index (χ2v) is 14.8. The average Bonchev–Trinajstić information content (AvgIpc) is 3.50. The van der Waals surface area contributed by atoms with Gasteiger partial charge in [-0.3, -0.25) is 0 Å². The van der Waals surface area contributed by atoms with Crippen molar-refractivity contribution in [3.05, 3.63) is 161 Å². The fourth-order valence-electron chi connectivity index (χ4n) is 5.89. The van der Waals surface area contributed by atoms with Crippen LogP contribution in [0.4, 0.5) is 5.82 Å². The zero-order valence-corrected chi connectivity index (χ0v) is 28.3. The Morgan fingerprint density at radius 2 is 1.27 bits per heavy atom. The predicted octanol–water partition coefficient (Wildman–Crippen LogP) is 9.36. The first-order valence-electron chi connectivity index (χ1n) is 15.4. The van der Waals surface area contributed by atoms with Crippen LogP contribution in [0.15, 0.2) is 150 Å². The number of rotatable bonds is 8. The number of esters is 1. The van der Waals surface area contributed by atoms with Crippen molar-refractivity contribution in [1.29, 1.82) is 0 Å². The Balaban J connectivity index is 1.65. The van der Waals surface area contributed by atoms with Gasteiger partial charge >= 0.3 is 5.97 Å². The van der Waals surface area contributed by atoms with Gasteiger partial charge in [-0.05, 0) is 25.1 Å². The monoisotopic (exact) mass is 686 g/mol. The molecule has 7 rings (SSSR count). The number of carbonyl (C=O) groups excluding carboxylic acids is 1. The quantitative estimate of drug-likeness (QED) is 0.118. The van der Waals surface area contributed by atoms with Gasteiger partial charge in [0.1, 0.15) is 0 Å². The van der Waals surface area contributed by atoms with Gasteiger partial charge < -0.3 is 4.74 Å². The maximum atomic E-state index is 13.9. The van der Waals surface area contributed by atoms with E-state index in [-0.39, 0.29) is 18.0 Å². The van der Waals surface area contributed by atoms with Crippen LogP contribution >= 0.6 is 30.3 Å². The van der Waals surface area contributed by atoms with Gasteiger partial charge in [-0.15, -0.1) is 5.10 Å². The number of ether oxygens (including phenoxy) is 1. The van der Waals surface area contributed by atoms with Crippen molar-refractivity contribution in [3.8, 4) is 22.4 Å². The smallest absolute Gasteiger partial charge is 0.345 e. The number of hydrogen-bond donors (Lipinski definition) is 0. The molecule has 0 aliphatic heterocycles. The molecule has 2 aromatic heterocycles. The van der Waals surface area contributed by atoms with Crippen LogP contribution in [0.2, 0.25) is 10.0 Å². The third-order valence-electron chi connectivity index (χ3n) is 8.02. The van der Waals surface area contributed by atoms with Crippen molar-refractivity contribution in [1.82, 2.24) is 14.6 Å². The molecule has 0 atom stereocenters. The summed E-state index contributed by atoms with van der Waals surface area (Å²) < 4.78 is 12.9. The maximum absolute atomic E-state index is 13.9. The zero-order valence-electron chi connectivity index (χ0n) is 25.9. The third kappa shape index (κ3) is 5.73. The van der Waals surface area contributed by atoms with E-state index in [0.717, 1.165) is 32.6 Å². The van der Waals surface area contributed by atoms with Crippen molar-refractivity contribution in [2.75, 3.05) is 6.61 Å². The molecule has 0 fully saturated rings. The van der Waals surface area contributed by atoms with Crippen LogP contribution in [0.5, 0.6) is 0 Å². The summed E-state index contributed by atoms with van der Waals surface area (Å²) in [6.45, 7) is 1.95. The molecule has 0 radical (unpaired) electrons. The van der Waals surface area contributed by atoms with Gasteiger partial charge in [-0.2, -0.15) is 0 Å². The Kier molecular flexibility index (Phi) is 8.96. The molecule has 0 spiro atoms. The van der Waals surface area contributed by atoms with Crippen LogP contribution in [0, 0.1) is 0 Å². The number of carbonyl (C=O) groups is 1. The predicted molar refractivity (Wildman–Crippen MR) is 197 cm³/mol. The molecule has 236 valence electrons. The lowest BCUT2D eigenvalue weighted by Crippen LogP contribution is -2.25. The fraction of sp³-hybridized carbons (Fsp3) is 0.0513. The SMILES string of the molecule is CCOC(=O)c1c(N=P(c2ccccc2)(c2ccccc2)c2ccccc2)nn2c(-c3ccc(Cl)cc3)c(-c3ccccc3Cl)cnc12. The molecule has 0 saturated carbocycles. The molecule has 0 aliphatic carbocycles. The van der Waals surface area contributed by atoms with Crippen LogP contribution in [0.25, 0.3) is 28.0 Å². The minimum Gasteiger partial charge on any atom is -0.462 e. The fourth-order valence-corrected chi connectivity index (χ4v) is 9.73. The van der Waals surface area contributed by atoms with E-state index in [4.69, 9.17) is 42.8 Å². The summed E-state index contributed by atoms with van der Waals surface area (Å²) in [7, 11) is -2.81. The summed E-state index contributed by atoms with van der Waals surface area (Å²) in [6, 6.07) is 45.6. The lowest BCUT2D eigenvalue weighted by molar-refractivity contribution is 0.0529. The number of benzene rings is 5. The van der Waals surface area contributed by atoms with E-state index < -0.39 is 13.0 Å². The summed E-state index contributed by atoms with van der Waals surface area (Å²) in [6.07, 6.45) is 1.72. The number of fused-ring (bicyclic) bond motifs is 1. The second-order valence-electron chi connectivity index (χ2n) is 10.9. The highest BCUT2D eigenvalue weighted by Crippen LogP contribution is 2.50. The summed E-state index contributed by atoms with van der Waals surface area (Å²) in [4.78, 5) is 18.8. The number of aromatic nitrogens is 3. The minimum absolute atomic E-state index is 0.174. The van der Waals surface area contributed by atoms with Crippen LogP contribution in [0.1, 0.15) is 17.3 Å². The van der Waals surface area contributed by atoms with E-state index >= 15 is 0 Å². The molecular formula is C39H29Cl2N4O2P. The first-order chi connectivity index (χ1) is 23.5. The Hall–Kier alpha value is -5.00. The highest BCUT2D eigenvalue weighted by atomic mass is 35.5. The summed E-state index contributed by atoms with van der Waals surface area (Å²) in [5.74, 6) is -0.323. The van der Waals surface area contributed by atoms with Crippen LogP contribution < -0.4 is 15.9 Å². The Labute approximate surface area is 288 Å². The van der Waals surface area contributed by atoms with Crippen molar-refractivity contribution < 1.29 is 9.53 Å². The average molecular weight is 688 g/mol. The van der Waals surface area contributed by atoms with E-state index in [2.05, 4.69) is 36.4 Å². The maximum Gasteiger partial charge on any atom is 0.345 e. The lowest BCUT2D eigenvalue weighted by atomic mass is 10.0. The van der Waals surface area contributed by atoms with Gasteiger partial charge in [-0.25, -0.2) is 19.0 Å². The Bertz CT molecular complexity index is 2190. The summed E-state index contributed by atoms with van der Waals surface area (Å²) in [5, 5.41) is 9.31. The molecule has 7 aromatic rings. The molecular weight excluding hydrogens is 658 g/mol. The topological polar surface area (TPSA) is 68.8 Å². The van der Waals surface area contributed by atoms with Gasteiger partial charge in [0.15, 0.2) is 17.0 Å². The van der Waals surface area contributed by atoms with E-state index in [0.29, 0.717) is 21.4 Å². The molecule has 48 heavy (non-hydrogen) atoms. The Morgan fingerprint density at radius 1 is 0.729 bits per heavy atom. The van der Waals surface area contributed by atoms with Gasteiger partial charge in [0.05, 0.1) is 19.4 Å². The standard InChI is InChI=1S/C39H29Cl2N4O2P/c1-2-47-39(46)35-37(44-48(29-14-6-3-7-15-29,30-16-8-4-9-17-30)31-18-10-5-11-19-31)43-45-36(27-22-24-28(40)25-23-27)33(26-42-38(35)45)32-20-12-13-21-34(32)41/h3-26H,2H2,1H3. The molecule has 9 heteroatoms. The normalized spacial score (nSPS) is 11.4. The van der Waals surface area contributed by atoms with E-state index in [1.54, 1.807) is 17.6 Å². The number of halogens is 2. The van der Waals surface area contributed by atoms with Crippen LogP contribution in [-0.4, -0.2) is 27.2 Å². The molecule has 6 nitrogen and oxygen atoms in total. The molecule has 0 amide bonds. The molecule has 2 heterocycles. The van der Waals surface area contributed by atoms with Gasteiger partial charge in [0.2, 0.25) is 0 Å². The van der Waals surface area contributed by atoms with E-state index in [9.17, 15) is 4.79 Å². The lowest BCUT2D eigenvalue weighted by Gasteiger charge is -2.26. The molecule has 0 bridgehead atoms. The van der Waals surface area contributed by atoms with Crippen molar-refractivity contribution in [2.45, 2.75) is 6.92 Å². The number of nitrogens with zero attached hydrogens (tertiary/aromatic N) is 4. The first kappa shape index (κ1) is 31.6. The second kappa shape index (κ2) is 13.6. The van der Waals surface area contributed by atoms with E-state index in [1.807, 2.05) is 103 Å².